The van der Waals surface area contributed by atoms with Gasteiger partial charge in [0.25, 0.3) is 0 Å². The van der Waals surface area contributed by atoms with Crippen molar-refractivity contribution in [3.05, 3.63) is 47.6 Å². The summed E-state index contributed by atoms with van der Waals surface area (Å²) in [7, 11) is 0. The predicted molar refractivity (Wildman–Crippen MR) is 72.8 cm³/mol. The molecule has 0 aliphatic heterocycles. The summed E-state index contributed by atoms with van der Waals surface area (Å²) in [6.07, 6.45) is 13.3. The molecule has 86 valence electrons. The molecule has 2 heteroatoms. The van der Waals surface area contributed by atoms with Crippen LogP contribution in [0.1, 0.15) is 26.7 Å². The van der Waals surface area contributed by atoms with Crippen molar-refractivity contribution < 1.29 is 4.79 Å². The second-order valence-corrected chi connectivity index (χ2v) is 4.60. The van der Waals surface area contributed by atoms with E-state index in [1.807, 2.05) is 44.2 Å². The largest absolute Gasteiger partial charge is 0.295 e. The monoisotopic (exact) mass is 234 g/mol. The maximum absolute atomic E-state index is 11.3. The lowest BCUT2D eigenvalue weighted by molar-refractivity contribution is -0.114. The topological polar surface area (TPSA) is 17.1 Å². The summed E-state index contributed by atoms with van der Waals surface area (Å²) in [5.41, 5.74) is 2.22. The van der Waals surface area contributed by atoms with Gasteiger partial charge in [0.15, 0.2) is 5.78 Å². The number of carbonyl (C=O) groups is 1. The average molecular weight is 234 g/mol. The van der Waals surface area contributed by atoms with Crippen LogP contribution in [0.15, 0.2) is 47.6 Å². The first-order valence-corrected chi connectivity index (χ1v) is 6.06. The van der Waals surface area contributed by atoms with Gasteiger partial charge in [0.1, 0.15) is 0 Å². The van der Waals surface area contributed by atoms with Crippen LogP contribution in [-0.4, -0.2) is 11.0 Å². The fourth-order valence-electron chi connectivity index (χ4n) is 1.66. The predicted octanol–water partition coefficient (Wildman–Crippen LogP) is 3.65. The highest BCUT2D eigenvalue weighted by atomic mass is 32.1. The van der Waals surface area contributed by atoms with Gasteiger partial charge in [-0.05, 0) is 37.5 Å². The highest BCUT2D eigenvalue weighted by molar-refractivity contribution is 7.81. The minimum atomic E-state index is 0.174. The second kappa shape index (κ2) is 6.54. The summed E-state index contributed by atoms with van der Waals surface area (Å²) in [4.78, 5) is 11.3. The Kier molecular flexibility index (Phi) is 5.33. The Morgan fingerprint density at radius 2 is 2.12 bits per heavy atom. The quantitative estimate of drug-likeness (QED) is 0.582. The van der Waals surface area contributed by atoms with Crippen LogP contribution in [0.25, 0.3) is 0 Å². The molecule has 0 spiro atoms. The fourth-order valence-corrected chi connectivity index (χ4v) is 2.05. The van der Waals surface area contributed by atoms with Gasteiger partial charge in [0.2, 0.25) is 0 Å². The van der Waals surface area contributed by atoms with Gasteiger partial charge in [-0.2, -0.15) is 12.6 Å². The first-order chi connectivity index (χ1) is 7.65. The molecule has 1 unspecified atom stereocenters. The Bertz CT molecular complexity index is 372. The van der Waals surface area contributed by atoms with Crippen molar-refractivity contribution in [3.63, 3.8) is 0 Å². The summed E-state index contributed by atoms with van der Waals surface area (Å²) < 4.78 is 0. The molecule has 0 saturated carbocycles. The van der Waals surface area contributed by atoms with Crippen molar-refractivity contribution in [1.29, 1.82) is 0 Å². The molecule has 0 aromatic rings. The van der Waals surface area contributed by atoms with E-state index in [-0.39, 0.29) is 11.0 Å². The van der Waals surface area contributed by atoms with Crippen LogP contribution in [0.4, 0.5) is 0 Å². The molecule has 0 amide bonds. The molecule has 0 aromatic heterocycles. The van der Waals surface area contributed by atoms with Gasteiger partial charge in [-0.1, -0.05) is 30.4 Å². The number of allylic oxidation sites excluding steroid dienone is 8. The molecule has 1 aliphatic carbocycles. The number of ketones is 1. The van der Waals surface area contributed by atoms with E-state index in [9.17, 15) is 4.79 Å². The van der Waals surface area contributed by atoms with E-state index in [0.717, 1.165) is 17.6 Å². The molecule has 16 heavy (non-hydrogen) atoms. The number of thiol groups is 1. The Morgan fingerprint density at radius 3 is 2.69 bits per heavy atom. The van der Waals surface area contributed by atoms with Crippen molar-refractivity contribution in [3.8, 4) is 0 Å². The molecule has 0 radical (unpaired) electrons. The Morgan fingerprint density at radius 1 is 1.38 bits per heavy atom. The van der Waals surface area contributed by atoms with Gasteiger partial charge < -0.3 is 0 Å². The zero-order chi connectivity index (χ0) is 12.0. The van der Waals surface area contributed by atoms with E-state index in [0.29, 0.717) is 6.42 Å². The molecule has 1 rings (SSSR count). The third-order valence-electron chi connectivity index (χ3n) is 2.44. The van der Waals surface area contributed by atoms with Crippen molar-refractivity contribution in [1.82, 2.24) is 0 Å². The Hall–Kier alpha value is -1.02. The zero-order valence-corrected chi connectivity index (χ0v) is 10.7. The van der Waals surface area contributed by atoms with Gasteiger partial charge in [-0.3, -0.25) is 4.79 Å². The molecule has 0 fully saturated rings. The van der Waals surface area contributed by atoms with E-state index < -0.39 is 0 Å². The van der Waals surface area contributed by atoms with E-state index >= 15 is 0 Å². The van der Waals surface area contributed by atoms with E-state index in [4.69, 9.17) is 0 Å². The standard InChI is InChI=1S/C14H18OS/c1-3-5-11(4-2)6-7-12-8-13(15)10-14(16)9-12/h3-8,14,16H,9-10H2,1-2H3/b5-3-,7-6+,11-4+. The number of rotatable bonds is 3. The number of carbonyl (C=O) groups excluding carboxylic acids is 1. The third kappa shape index (κ3) is 4.23. The van der Waals surface area contributed by atoms with Crippen molar-refractivity contribution in [2.24, 2.45) is 0 Å². The molecular formula is C14H18OS. The van der Waals surface area contributed by atoms with Crippen molar-refractivity contribution in [2.45, 2.75) is 31.9 Å². The Balaban J connectivity index is 2.73. The van der Waals surface area contributed by atoms with Crippen molar-refractivity contribution >= 4 is 18.4 Å². The van der Waals surface area contributed by atoms with Crippen LogP contribution in [0.3, 0.4) is 0 Å². The SMILES string of the molecule is C\C=C/C(/C=C/C1=CC(=O)CC(S)C1)=C\C. The fraction of sp³-hybridized carbons (Fsp3) is 0.357. The highest BCUT2D eigenvalue weighted by Gasteiger charge is 2.15. The van der Waals surface area contributed by atoms with Crippen LogP contribution >= 0.6 is 12.6 Å². The lowest BCUT2D eigenvalue weighted by Crippen LogP contribution is -2.12. The molecule has 0 heterocycles. The molecule has 1 atom stereocenters. The third-order valence-corrected chi connectivity index (χ3v) is 2.80. The molecule has 0 saturated heterocycles. The first-order valence-electron chi connectivity index (χ1n) is 5.54. The molecule has 0 N–H and O–H groups in total. The van der Waals surface area contributed by atoms with Gasteiger partial charge in [0, 0.05) is 11.7 Å². The first kappa shape index (κ1) is 13.0. The normalized spacial score (nSPS) is 23.2. The van der Waals surface area contributed by atoms with Gasteiger partial charge in [-0.25, -0.2) is 0 Å². The molecular weight excluding hydrogens is 216 g/mol. The smallest absolute Gasteiger partial charge is 0.157 e. The molecule has 0 aromatic carbocycles. The average Bonchev–Trinajstić information content (AvgIpc) is 2.23. The van der Waals surface area contributed by atoms with Gasteiger partial charge in [0.05, 0.1) is 0 Å². The minimum absolute atomic E-state index is 0.174. The molecule has 1 nitrogen and oxygen atoms in total. The summed E-state index contributed by atoms with van der Waals surface area (Å²) >= 11 is 4.36. The van der Waals surface area contributed by atoms with Gasteiger partial charge in [-0.15, -0.1) is 0 Å². The summed E-state index contributed by atoms with van der Waals surface area (Å²) in [6, 6.07) is 0. The maximum Gasteiger partial charge on any atom is 0.157 e. The number of hydrogen-bond donors (Lipinski definition) is 1. The van der Waals surface area contributed by atoms with E-state index in [2.05, 4.69) is 12.6 Å². The lowest BCUT2D eigenvalue weighted by Gasteiger charge is -2.14. The summed E-state index contributed by atoms with van der Waals surface area (Å²) in [5.74, 6) is 0.180. The lowest BCUT2D eigenvalue weighted by atomic mass is 9.97. The van der Waals surface area contributed by atoms with E-state index in [1.165, 1.54) is 0 Å². The minimum Gasteiger partial charge on any atom is -0.295 e. The van der Waals surface area contributed by atoms with Crippen LogP contribution in [0, 0.1) is 0 Å². The maximum atomic E-state index is 11.3. The van der Waals surface area contributed by atoms with Crippen molar-refractivity contribution in [2.75, 3.05) is 0 Å². The zero-order valence-electron chi connectivity index (χ0n) is 9.81. The summed E-state index contributed by atoms with van der Waals surface area (Å²) in [6.45, 7) is 3.99. The summed E-state index contributed by atoms with van der Waals surface area (Å²) in [5, 5.41) is 0.174. The Labute approximate surface area is 103 Å². The second-order valence-electron chi connectivity index (χ2n) is 3.87. The van der Waals surface area contributed by atoms with Crippen LogP contribution < -0.4 is 0 Å². The van der Waals surface area contributed by atoms with Crippen LogP contribution in [-0.2, 0) is 4.79 Å². The molecule has 0 bridgehead atoms. The van der Waals surface area contributed by atoms with Crippen LogP contribution in [0.5, 0.6) is 0 Å². The highest BCUT2D eigenvalue weighted by Crippen LogP contribution is 2.21. The van der Waals surface area contributed by atoms with E-state index in [1.54, 1.807) is 6.08 Å². The van der Waals surface area contributed by atoms with Crippen LogP contribution in [0.2, 0.25) is 0 Å². The van der Waals surface area contributed by atoms with Gasteiger partial charge >= 0.3 is 0 Å². The molecule has 1 aliphatic rings. The number of hydrogen-bond acceptors (Lipinski definition) is 2.